The highest BCUT2D eigenvalue weighted by Crippen LogP contribution is 2.45. The van der Waals surface area contributed by atoms with Crippen molar-refractivity contribution in [2.24, 2.45) is 0 Å². The Hall–Kier alpha value is -4.53. The molecular weight excluding hydrogens is 515 g/mol. The van der Waals surface area contributed by atoms with Gasteiger partial charge in [0, 0.05) is 24.2 Å². The number of hydrogen-bond acceptors (Lipinski definition) is 6. The normalized spacial score (nSPS) is 19.0. The number of rotatable bonds is 7. The standard InChI is InChI=1S/C31H29FN2O6/c1-37-30(35)29-24(23-10-8-21(32)14-27(23)38-17-19-5-3-2-4-6-19)15-22-9-11-25(29)34(22)31(36)33-16-20-7-12-26-28(13-20)40-18-39-26/h2-8,10,12-14,22,25H,9,11,15-18H2,1H3,(H,33,36)/t22-,25+/m0/s1. The molecule has 3 heterocycles. The molecule has 0 unspecified atom stereocenters. The van der Waals surface area contributed by atoms with Gasteiger partial charge in [0.15, 0.2) is 11.5 Å². The first kappa shape index (κ1) is 25.7. The Balaban J connectivity index is 1.27. The van der Waals surface area contributed by atoms with E-state index < -0.39 is 17.8 Å². The summed E-state index contributed by atoms with van der Waals surface area (Å²) in [6.07, 6.45) is 1.77. The summed E-state index contributed by atoms with van der Waals surface area (Å²) < 4.78 is 36.4. The molecule has 3 aliphatic heterocycles. The van der Waals surface area contributed by atoms with Crippen LogP contribution in [0.1, 0.15) is 36.0 Å². The Kier molecular flexibility index (Phi) is 7.02. The van der Waals surface area contributed by atoms with Crippen LogP contribution in [0.2, 0.25) is 0 Å². The number of nitrogens with one attached hydrogen (secondary N) is 1. The largest absolute Gasteiger partial charge is 0.488 e. The van der Waals surface area contributed by atoms with Gasteiger partial charge in [-0.05, 0) is 60.2 Å². The third-order valence-electron chi connectivity index (χ3n) is 7.63. The molecule has 3 aromatic rings. The van der Waals surface area contributed by atoms with Gasteiger partial charge in [0.1, 0.15) is 18.2 Å². The van der Waals surface area contributed by atoms with Crippen LogP contribution in [0.5, 0.6) is 17.2 Å². The van der Waals surface area contributed by atoms with Gasteiger partial charge in [0.2, 0.25) is 6.79 Å². The number of nitrogens with zero attached hydrogens (tertiary/aromatic N) is 1. The zero-order valence-corrected chi connectivity index (χ0v) is 22.0. The average molecular weight is 545 g/mol. The van der Waals surface area contributed by atoms with Crippen LogP contribution < -0.4 is 19.5 Å². The third-order valence-corrected chi connectivity index (χ3v) is 7.63. The highest BCUT2D eigenvalue weighted by atomic mass is 19.1. The predicted molar refractivity (Wildman–Crippen MR) is 144 cm³/mol. The van der Waals surface area contributed by atoms with Crippen molar-refractivity contribution in [1.29, 1.82) is 0 Å². The van der Waals surface area contributed by atoms with E-state index in [1.807, 2.05) is 48.5 Å². The zero-order chi connectivity index (χ0) is 27.6. The monoisotopic (exact) mass is 544 g/mol. The highest BCUT2D eigenvalue weighted by Gasteiger charge is 2.47. The Morgan fingerprint density at radius 2 is 1.82 bits per heavy atom. The van der Waals surface area contributed by atoms with Gasteiger partial charge < -0.3 is 29.2 Å². The van der Waals surface area contributed by atoms with E-state index in [1.54, 1.807) is 11.0 Å². The number of carbonyl (C=O) groups excluding carboxylic acids is 2. The van der Waals surface area contributed by atoms with Gasteiger partial charge >= 0.3 is 12.0 Å². The second kappa shape index (κ2) is 10.9. The average Bonchev–Trinajstić information content (AvgIpc) is 3.57. The first-order valence-corrected chi connectivity index (χ1v) is 13.2. The maximum absolute atomic E-state index is 14.3. The number of benzene rings is 3. The fraction of sp³-hybridized carbons (Fsp3) is 0.290. The van der Waals surface area contributed by atoms with Crippen LogP contribution in [0.25, 0.3) is 5.57 Å². The number of carbonyl (C=O) groups is 2. The Bertz CT molecular complexity index is 1470. The van der Waals surface area contributed by atoms with Gasteiger partial charge in [-0.3, -0.25) is 0 Å². The minimum absolute atomic E-state index is 0.128. The van der Waals surface area contributed by atoms with Crippen molar-refractivity contribution in [3.8, 4) is 17.2 Å². The zero-order valence-electron chi connectivity index (χ0n) is 22.0. The van der Waals surface area contributed by atoms with E-state index in [4.69, 9.17) is 18.9 Å². The summed E-state index contributed by atoms with van der Waals surface area (Å²) in [6.45, 7) is 0.727. The summed E-state index contributed by atoms with van der Waals surface area (Å²) in [5.41, 5.74) is 3.58. The summed E-state index contributed by atoms with van der Waals surface area (Å²) in [6, 6.07) is 18.6. The lowest BCUT2D eigenvalue weighted by Gasteiger charge is -2.37. The molecule has 1 saturated heterocycles. The maximum Gasteiger partial charge on any atom is 0.336 e. The van der Waals surface area contributed by atoms with Crippen molar-refractivity contribution >= 4 is 17.6 Å². The molecule has 3 aliphatic rings. The molecule has 8 nitrogen and oxygen atoms in total. The van der Waals surface area contributed by atoms with Crippen LogP contribution in [-0.4, -0.2) is 42.9 Å². The van der Waals surface area contributed by atoms with Crippen LogP contribution in [0, 0.1) is 5.82 Å². The van der Waals surface area contributed by atoms with Crippen LogP contribution in [0.4, 0.5) is 9.18 Å². The third kappa shape index (κ3) is 4.95. The number of hydrogen-bond donors (Lipinski definition) is 1. The quantitative estimate of drug-likeness (QED) is 0.411. The van der Waals surface area contributed by atoms with Crippen molar-refractivity contribution in [1.82, 2.24) is 10.2 Å². The molecule has 0 radical (unpaired) electrons. The smallest absolute Gasteiger partial charge is 0.336 e. The Morgan fingerprint density at radius 3 is 2.65 bits per heavy atom. The van der Waals surface area contributed by atoms with Crippen LogP contribution in [-0.2, 0) is 22.7 Å². The number of urea groups is 1. The van der Waals surface area contributed by atoms with Gasteiger partial charge in [-0.2, -0.15) is 0 Å². The van der Waals surface area contributed by atoms with Gasteiger partial charge in [-0.1, -0.05) is 36.4 Å². The van der Waals surface area contributed by atoms with Gasteiger partial charge in [-0.15, -0.1) is 0 Å². The van der Waals surface area contributed by atoms with Gasteiger partial charge in [-0.25, -0.2) is 14.0 Å². The van der Waals surface area contributed by atoms with E-state index in [9.17, 15) is 14.0 Å². The lowest BCUT2D eigenvalue weighted by Crippen LogP contribution is -2.50. The number of amides is 2. The van der Waals surface area contributed by atoms with E-state index >= 15 is 0 Å². The number of ether oxygens (including phenoxy) is 4. The molecule has 3 aromatic carbocycles. The van der Waals surface area contributed by atoms with Crippen LogP contribution >= 0.6 is 0 Å². The minimum atomic E-state index is -0.507. The molecule has 1 N–H and O–H groups in total. The molecule has 0 aromatic heterocycles. The van der Waals surface area contributed by atoms with Crippen molar-refractivity contribution < 1.29 is 32.9 Å². The molecule has 9 heteroatoms. The number of methoxy groups -OCH3 is 1. The number of esters is 1. The molecule has 0 spiro atoms. The molecule has 2 bridgehead atoms. The maximum atomic E-state index is 14.3. The van der Waals surface area contributed by atoms with Crippen molar-refractivity contribution in [3.05, 3.63) is 94.8 Å². The topological polar surface area (TPSA) is 86.3 Å². The predicted octanol–water partition coefficient (Wildman–Crippen LogP) is 5.21. The Morgan fingerprint density at radius 1 is 1.00 bits per heavy atom. The molecule has 0 aliphatic carbocycles. The van der Waals surface area contributed by atoms with E-state index in [0.29, 0.717) is 47.8 Å². The van der Waals surface area contributed by atoms with Crippen molar-refractivity contribution in [2.75, 3.05) is 13.9 Å². The van der Waals surface area contributed by atoms with Gasteiger partial charge in [0.25, 0.3) is 0 Å². The first-order chi connectivity index (χ1) is 19.5. The fourth-order valence-corrected chi connectivity index (χ4v) is 5.77. The second-order valence-corrected chi connectivity index (χ2v) is 10.0. The highest BCUT2D eigenvalue weighted by molar-refractivity contribution is 6.01. The number of halogens is 1. The molecule has 2 amide bonds. The molecule has 206 valence electrons. The molecule has 0 saturated carbocycles. The Labute approximate surface area is 231 Å². The van der Waals surface area contributed by atoms with Crippen LogP contribution in [0.3, 0.4) is 0 Å². The number of fused-ring (bicyclic) bond motifs is 3. The summed E-state index contributed by atoms with van der Waals surface area (Å²) in [5, 5.41) is 2.99. The summed E-state index contributed by atoms with van der Waals surface area (Å²) in [5.74, 6) is 0.732. The first-order valence-electron chi connectivity index (χ1n) is 13.2. The molecule has 6 rings (SSSR count). The van der Waals surface area contributed by atoms with Crippen LogP contribution in [0.15, 0.2) is 72.3 Å². The van der Waals surface area contributed by atoms with E-state index in [2.05, 4.69) is 5.32 Å². The molecule has 1 fully saturated rings. The van der Waals surface area contributed by atoms with E-state index in [-0.39, 0.29) is 25.5 Å². The lowest BCUT2D eigenvalue weighted by molar-refractivity contribution is -0.136. The van der Waals surface area contributed by atoms with Gasteiger partial charge in [0.05, 0.1) is 18.7 Å². The molecule has 2 atom stereocenters. The second-order valence-electron chi connectivity index (χ2n) is 10.0. The lowest BCUT2D eigenvalue weighted by atomic mass is 9.88. The molecular formula is C31H29FN2O6. The summed E-state index contributed by atoms with van der Waals surface area (Å²) in [4.78, 5) is 28.4. The molecule has 40 heavy (non-hydrogen) atoms. The van der Waals surface area contributed by atoms with Crippen molar-refractivity contribution in [2.45, 2.75) is 44.5 Å². The fourth-order valence-electron chi connectivity index (χ4n) is 5.77. The minimum Gasteiger partial charge on any atom is -0.488 e. The van der Waals surface area contributed by atoms with Crippen molar-refractivity contribution in [3.63, 3.8) is 0 Å². The van der Waals surface area contributed by atoms with E-state index in [1.165, 1.54) is 19.2 Å². The summed E-state index contributed by atoms with van der Waals surface area (Å²) >= 11 is 0. The SMILES string of the molecule is COC(=O)C1=C(c2ccc(F)cc2OCc2ccccc2)C[C@@H]2CC[C@H]1N2C(=O)NCc1ccc2c(c1)OCO2. The summed E-state index contributed by atoms with van der Waals surface area (Å²) in [7, 11) is 1.33. The van der Waals surface area contributed by atoms with E-state index in [0.717, 1.165) is 23.1 Å².